The fraction of sp³-hybridized carbons (Fsp3) is 0.476. The van der Waals surface area contributed by atoms with Crippen LogP contribution < -0.4 is 20.9 Å². The first-order valence-corrected chi connectivity index (χ1v) is 10.7. The Morgan fingerprint density at radius 3 is 2.77 bits per heavy atom. The smallest absolute Gasteiger partial charge is 0.329 e. The monoisotopic (exact) mass is 447 g/mol. The summed E-state index contributed by atoms with van der Waals surface area (Å²) >= 11 is 5.89. The molecule has 1 aliphatic heterocycles. The maximum atomic E-state index is 12.7. The average molecular weight is 448 g/mol. The number of aromatic nitrogens is 4. The number of halogens is 1. The third kappa shape index (κ3) is 4.47. The molecule has 4 rings (SSSR count). The van der Waals surface area contributed by atoms with E-state index < -0.39 is 17.4 Å². The molecule has 1 aliphatic rings. The molecule has 2 atom stereocenters. The summed E-state index contributed by atoms with van der Waals surface area (Å²) in [6.45, 7) is 3.91. The van der Waals surface area contributed by atoms with Gasteiger partial charge < -0.3 is 19.3 Å². The molecule has 0 amide bonds. The number of anilines is 1. The van der Waals surface area contributed by atoms with E-state index in [1.807, 2.05) is 0 Å². The van der Waals surface area contributed by atoms with Gasteiger partial charge in [0.2, 0.25) is 5.95 Å². The van der Waals surface area contributed by atoms with E-state index in [-0.39, 0.29) is 18.7 Å². The van der Waals surface area contributed by atoms with Gasteiger partial charge in [0.05, 0.1) is 6.54 Å². The van der Waals surface area contributed by atoms with E-state index in [9.17, 15) is 14.7 Å². The number of fused-ring (bicyclic) bond motifs is 1. The van der Waals surface area contributed by atoms with Crippen molar-refractivity contribution in [1.29, 1.82) is 0 Å². The molecular weight excluding hydrogens is 422 g/mol. The van der Waals surface area contributed by atoms with Crippen LogP contribution in [0.2, 0.25) is 5.02 Å². The number of aliphatic hydroxyl groups is 1. The Balaban J connectivity index is 1.66. The van der Waals surface area contributed by atoms with Gasteiger partial charge in [-0.2, -0.15) is 4.98 Å². The van der Waals surface area contributed by atoms with Gasteiger partial charge in [0.25, 0.3) is 5.56 Å². The molecule has 9 nitrogen and oxygen atoms in total. The molecule has 0 saturated carbocycles. The summed E-state index contributed by atoms with van der Waals surface area (Å²) in [5, 5.41) is 11.3. The molecular formula is C21H26ClN5O4. The Labute approximate surface area is 183 Å². The fourth-order valence-corrected chi connectivity index (χ4v) is 4.12. The molecule has 0 bridgehead atoms. The number of benzene rings is 1. The summed E-state index contributed by atoms with van der Waals surface area (Å²) in [5.41, 5.74) is -0.478. The number of nitrogens with zero attached hydrogens (tertiary/aromatic N) is 4. The molecule has 31 heavy (non-hydrogen) atoms. The molecule has 3 aromatic rings. The van der Waals surface area contributed by atoms with Crippen LogP contribution in [0.15, 0.2) is 33.9 Å². The van der Waals surface area contributed by atoms with Crippen molar-refractivity contribution < 1.29 is 9.84 Å². The number of ether oxygens (including phenoxy) is 1. The zero-order valence-electron chi connectivity index (χ0n) is 17.5. The minimum absolute atomic E-state index is 0.0286. The van der Waals surface area contributed by atoms with Gasteiger partial charge in [0.1, 0.15) is 18.5 Å². The number of nitrogens with one attached hydrogen (secondary N) is 1. The predicted octanol–water partition coefficient (Wildman–Crippen LogP) is 1.75. The van der Waals surface area contributed by atoms with Gasteiger partial charge >= 0.3 is 5.69 Å². The Morgan fingerprint density at radius 2 is 2.06 bits per heavy atom. The van der Waals surface area contributed by atoms with Crippen molar-refractivity contribution in [2.75, 3.05) is 24.6 Å². The standard InChI is InChI=1S/C21H26ClN5O4/c1-13-4-3-9-26(10-13)20-23-18-17(19(29)24-21(30)25(18)2)27(20)11-15(28)12-31-16-7-5-14(22)6-8-16/h5-8,13,15,28H,3-4,9-12H2,1-2H3,(H,24,29,30)/t13-,15-/m0/s1. The minimum atomic E-state index is -0.898. The third-order valence-electron chi connectivity index (χ3n) is 5.58. The number of aryl methyl sites for hydroxylation is 1. The third-order valence-corrected chi connectivity index (χ3v) is 5.83. The number of aliphatic hydroxyl groups excluding tert-OH is 1. The summed E-state index contributed by atoms with van der Waals surface area (Å²) < 4.78 is 8.68. The number of imidazole rings is 1. The van der Waals surface area contributed by atoms with E-state index in [0.29, 0.717) is 28.3 Å². The van der Waals surface area contributed by atoms with Crippen LogP contribution in [0.25, 0.3) is 11.2 Å². The SMILES string of the molecule is C[C@H]1CCCN(c2nc3c(c(=O)[nH]c(=O)n3C)n2C[C@H](O)COc2ccc(Cl)cc2)C1. The normalized spacial score (nSPS) is 17.8. The van der Waals surface area contributed by atoms with Crippen LogP contribution in [0, 0.1) is 5.92 Å². The Bertz CT molecular complexity index is 1180. The second-order valence-electron chi connectivity index (χ2n) is 8.13. The summed E-state index contributed by atoms with van der Waals surface area (Å²) in [6, 6.07) is 6.87. The number of H-pyrrole nitrogens is 1. The fourth-order valence-electron chi connectivity index (χ4n) is 4.00. The van der Waals surface area contributed by atoms with Crippen molar-refractivity contribution in [2.45, 2.75) is 32.4 Å². The Kier molecular flexibility index (Phi) is 6.06. The molecule has 2 aromatic heterocycles. The lowest BCUT2D eigenvalue weighted by Crippen LogP contribution is -2.37. The maximum absolute atomic E-state index is 12.7. The number of rotatable bonds is 6. The van der Waals surface area contributed by atoms with Gasteiger partial charge in [-0.3, -0.25) is 14.3 Å². The van der Waals surface area contributed by atoms with Crippen molar-refractivity contribution in [3.05, 3.63) is 50.1 Å². The Morgan fingerprint density at radius 1 is 1.32 bits per heavy atom. The van der Waals surface area contributed by atoms with Gasteiger partial charge in [-0.15, -0.1) is 0 Å². The van der Waals surface area contributed by atoms with Crippen molar-refractivity contribution in [2.24, 2.45) is 13.0 Å². The van der Waals surface area contributed by atoms with Crippen LogP contribution in [0.3, 0.4) is 0 Å². The van der Waals surface area contributed by atoms with Crippen molar-refractivity contribution in [1.82, 2.24) is 19.1 Å². The van der Waals surface area contributed by atoms with Crippen LogP contribution in [-0.2, 0) is 13.6 Å². The van der Waals surface area contributed by atoms with E-state index in [0.717, 1.165) is 25.9 Å². The molecule has 1 aromatic carbocycles. The number of aromatic amines is 1. The lowest BCUT2D eigenvalue weighted by atomic mass is 10.0. The molecule has 0 spiro atoms. The average Bonchev–Trinajstić information content (AvgIpc) is 3.11. The Hall–Kier alpha value is -2.78. The van der Waals surface area contributed by atoms with Gasteiger partial charge in [0.15, 0.2) is 11.2 Å². The zero-order chi connectivity index (χ0) is 22.1. The first kappa shape index (κ1) is 21.5. The van der Waals surface area contributed by atoms with Crippen molar-refractivity contribution >= 4 is 28.7 Å². The summed E-state index contributed by atoms with van der Waals surface area (Å²) in [6.07, 6.45) is 1.25. The summed E-state index contributed by atoms with van der Waals surface area (Å²) in [5.74, 6) is 1.66. The predicted molar refractivity (Wildman–Crippen MR) is 119 cm³/mol. The molecule has 0 aliphatic carbocycles. The van der Waals surface area contributed by atoms with Crippen LogP contribution in [0.4, 0.5) is 5.95 Å². The summed E-state index contributed by atoms with van der Waals surface area (Å²) in [4.78, 5) is 33.8. The molecule has 0 unspecified atom stereocenters. The first-order chi connectivity index (χ1) is 14.8. The van der Waals surface area contributed by atoms with E-state index in [4.69, 9.17) is 16.3 Å². The molecule has 2 N–H and O–H groups in total. The highest BCUT2D eigenvalue weighted by Crippen LogP contribution is 2.25. The largest absolute Gasteiger partial charge is 0.491 e. The van der Waals surface area contributed by atoms with Crippen molar-refractivity contribution in [3.63, 3.8) is 0 Å². The second-order valence-corrected chi connectivity index (χ2v) is 8.56. The van der Waals surface area contributed by atoms with Crippen LogP contribution in [0.5, 0.6) is 5.75 Å². The van der Waals surface area contributed by atoms with E-state index in [1.54, 1.807) is 35.9 Å². The molecule has 10 heteroatoms. The molecule has 1 fully saturated rings. The molecule has 3 heterocycles. The number of hydrogen-bond acceptors (Lipinski definition) is 6. The quantitative estimate of drug-likeness (QED) is 0.596. The highest BCUT2D eigenvalue weighted by atomic mass is 35.5. The maximum Gasteiger partial charge on any atom is 0.329 e. The van der Waals surface area contributed by atoms with Crippen LogP contribution in [0.1, 0.15) is 19.8 Å². The first-order valence-electron chi connectivity index (χ1n) is 10.3. The number of piperidine rings is 1. The van der Waals surface area contributed by atoms with E-state index in [1.165, 1.54) is 4.57 Å². The molecule has 1 saturated heterocycles. The molecule has 0 radical (unpaired) electrons. The second kappa shape index (κ2) is 8.76. The van der Waals surface area contributed by atoms with Gasteiger partial charge in [-0.1, -0.05) is 18.5 Å². The summed E-state index contributed by atoms with van der Waals surface area (Å²) in [7, 11) is 1.57. The van der Waals surface area contributed by atoms with Gasteiger partial charge in [-0.05, 0) is 43.0 Å². The number of hydrogen-bond donors (Lipinski definition) is 2. The lowest BCUT2D eigenvalue weighted by molar-refractivity contribution is 0.0935. The van der Waals surface area contributed by atoms with Gasteiger partial charge in [0, 0.05) is 25.2 Å². The highest BCUT2D eigenvalue weighted by molar-refractivity contribution is 6.30. The molecule has 166 valence electrons. The van der Waals surface area contributed by atoms with Crippen molar-refractivity contribution in [3.8, 4) is 5.75 Å². The zero-order valence-corrected chi connectivity index (χ0v) is 18.3. The van der Waals surface area contributed by atoms with Gasteiger partial charge in [-0.25, -0.2) is 4.79 Å². The van der Waals surface area contributed by atoms with Crippen LogP contribution >= 0.6 is 11.6 Å². The van der Waals surface area contributed by atoms with E-state index in [2.05, 4.69) is 21.8 Å². The lowest BCUT2D eigenvalue weighted by Gasteiger charge is -2.32. The minimum Gasteiger partial charge on any atom is -0.491 e. The van der Waals surface area contributed by atoms with Crippen LogP contribution in [-0.4, -0.2) is 50.0 Å². The topological polar surface area (TPSA) is 105 Å². The van der Waals surface area contributed by atoms with E-state index >= 15 is 0 Å². The highest BCUT2D eigenvalue weighted by Gasteiger charge is 2.26.